The van der Waals surface area contributed by atoms with Gasteiger partial charge in [-0.3, -0.25) is 9.59 Å². The van der Waals surface area contributed by atoms with Gasteiger partial charge >= 0.3 is 11.9 Å². The summed E-state index contributed by atoms with van der Waals surface area (Å²) in [5.74, 6) is -0.760. The SMILES string of the molecule is CCCCCC=CCC=CCC=CCC=CCCCC(=O)OC(=O)CCCCCCC/C=C/CCCCCCCC. The molecule has 3 nitrogen and oxygen atoms in total. The average Bonchev–Trinajstić information content (AvgIpc) is 2.96. The molecule has 0 aromatic rings. The summed E-state index contributed by atoms with van der Waals surface area (Å²) in [7, 11) is 0. The van der Waals surface area contributed by atoms with E-state index < -0.39 is 5.97 Å². The van der Waals surface area contributed by atoms with E-state index in [4.69, 9.17) is 4.74 Å². The van der Waals surface area contributed by atoms with Crippen molar-refractivity contribution in [1.29, 1.82) is 0 Å². The van der Waals surface area contributed by atoms with E-state index in [0.717, 1.165) is 51.4 Å². The van der Waals surface area contributed by atoms with E-state index in [2.05, 4.69) is 74.6 Å². The minimum atomic E-state index is -0.390. The lowest BCUT2D eigenvalue weighted by Crippen LogP contribution is -2.11. The van der Waals surface area contributed by atoms with E-state index in [1.807, 2.05) is 0 Å². The number of hydrogen-bond donors (Lipinski definition) is 0. The fourth-order valence-electron chi connectivity index (χ4n) is 4.49. The van der Waals surface area contributed by atoms with Crippen LogP contribution in [0.15, 0.2) is 60.8 Å². The van der Waals surface area contributed by atoms with Gasteiger partial charge in [0.1, 0.15) is 0 Å². The first-order valence-electron chi connectivity index (χ1n) is 17.2. The van der Waals surface area contributed by atoms with Gasteiger partial charge in [0.25, 0.3) is 0 Å². The van der Waals surface area contributed by atoms with E-state index in [1.165, 1.54) is 83.5 Å². The fraction of sp³-hybridized carbons (Fsp3) is 0.684. The lowest BCUT2D eigenvalue weighted by Gasteiger charge is -2.03. The van der Waals surface area contributed by atoms with Crippen LogP contribution in [0, 0.1) is 0 Å². The van der Waals surface area contributed by atoms with Crippen LogP contribution in [-0.4, -0.2) is 11.9 Å². The molecule has 0 aliphatic rings. The predicted octanol–water partition coefficient (Wildman–Crippen LogP) is 12.2. The lowest BCUT2D eigenvalue weighted by atomic mass is 10.1. The average molecular weight is 569 g/mol. The van der Waals surface area contributed by atoms with Crippen molar-refractivity contribution in [2.45, 2.75) is 168 Å². The van der Waals surface area contributed by atoms with Gasteiger partial charge in [0.05, 0.1) is 0 Å². The fourth-order valence-corrected chi connectivity index (χ4v) is 4.49. The predicted molar refractivity (Wildman–Crippen MR) is 179 cm³/mol. The normalized spacial score (nSPS) is 12.2. The lowest BCUT2D eigenvalue weighted by molar-refractivity contribution is -0.159. The van der Waals surface area contributed by atoms with Crippen molar-refractivity contribution in [3.63, 3.8) is 0 Å². The van der Waals surface area contributed by atoms with Gasteiger partial charge in [-0.25, -0.2) is 0 Å². The third-order valence-electron chi connectivity index (χ3n) is 7.08. The summed E-state index contributed by atoms with van der Waals surface area (Å²) in [6.07, 6.45) is 48.4. The molecule has 0 unspecified atom stereocenters. The van der Waals surface area contributed by atoms with Crippen LogP contribution in [0.25, 0.3) is 0 Å². The van der Waals surface area contributed by atoms with E-state index in [9.17, 15) is 9.59 Å². The zero-order chi connectivity index (χ0) is 29.9. The van der Waals surface area contributed by atoms with E-state index in [0.29, 0.717) is 19.3 Å². The molecule has 0 radical (unpaired) electrons. The number of unbranched alkanes of at least 4 members (excludes halogenated alkanes) is 15. The summed E-state index contributed by atoms with van der Waals surface area (Å²) in [5, 5.41) is 0. The van der Waals surface area contributed by atoms with Gasteiger partial charge in [-0.2, -0.15) is 0 Å². The molecule has 234 valence electrons. The molecule has 0 heterocycles. The van der Waals surface area contributed by atoms with E-state index >= 15 is 0 Å². The Balaban J connectivity index is 3.51. The molecule has 0 spiro atoms. The Kier molecular flexibility index (Phi) is 32.2. The maximum Gasteiger partial charge on any atom is 0.313 e. The highest BCUT2D eigenvalue weighted by atomic mass is 16.6. The summed E-state index contributed by atoms with van der Waals surface area (Å²) in [4.78, 5) is 23.8. The zero-order valence-corrected chi connectivity index (χ0v) is 27.0. The van der Waals surface area contributed by atoms with Crippen LogP contribution < -0.4 is 0 Å². The third-order valence-corrected chi connectivity index (χ3v) is 7.08. The molecule has 0 bridgehead atoms. The van der Waals surface area contributed by atoms with Crippen molar-refractivity contribution in [1.82, 2.24) is 0 Å². The summed E-state index contributed by atoms with van der Waals surface area (Å²) < 4.78 is 4.97. The minimum absolute atomic E-state index is 0.302. The van der Waals surface area contributed by atoms with Crippen LogP contribution in [0.5, 0.6) is 0 Å². The standard InChI is InChI=1S/C38H64O3/c1-3-5-7-9-11-13-15-17-19-20-22-24-26-28-30-32-34-36-38(40)41-37(39)35-33-31-29-27-25-23-21-18-16-14-12-10-8-6-4-2/h11,13,17-19,21-22,24,28,30H,3-10,12,14-16,20,23,25-27,29,31-36H2,1-2H3/b13-11?,19-17?,21-18+,24-22?,30-28?. The zero-order valence-electron chi connectivity index (χ0n) is 27.0. The molecule has 0 fully saturated rings. The molecule has 0 aliphatic carbocycles. The molecule has 0 saturated carbocycles. The Morgan fingerprint density at radius 2 is 0.707 bits per heavy atom. The monoisotopic (exact) mass is 568 g/mol. The molecular formula is C38H64O3. The second-order valence-corrected chi connectivity index (χ2v) is 11.2. The van der Waals surface area contributed by atoms with Crippen molar-refractivity contribution < 1.29 is 14.3 Å². The Labute approximate surface area is 254 Å². The van der Waals surface area contributed by atoms with Gasteiger partial charge < -0.3 is 4.74 Å². The second-order valence-electron chi connectivity index (χ2n) is 11.2. The van der Waals surface area contributed by atoms with Gasteiger partial charge in [-0.05, 0) is 77.0 Å². The van der Waals surface area contributed by atoms with E-state index in [1.54, 1.807) is 0 Å². The Bertz CT molecular complexity index is 726. The number of esters is 2. The number of carbonyl (C=O) groups excluding carboxylic acids is 2. The Morgan fingerprint density at radius 1 is 0.390 bits per heavy atom. The molecule has 0 atom stereocenters. The highest BCUT2D eigenvalue weighted by molar-refractivity contribution is 5.85. The molecule has 3 heteroatoms. The van der Waals surface area contributed by atoms with Gasteiger partial charge in [0.15, 0.2) is 0 Å². The third kappa shape index (κ3) is 33.9. The molecule has 0 N–H and O–H groups in total. The molecule has 0 aromatic carbocycles. The summed E-state index contributed by atoms with van der Waals surface area (Å²) in [6.45, 7) is 4.50. The summed E-state index contributed by atoms with van der Waals surface area (Å²) in [6, 6.07) is 0. The van der Waals surface area contributed by atoms with Gasteiger partial charge in [0, 0.05) is 12.8 Å². The molecule has 0 aliphatic heterocycles. The topological polar surface area (TPSA) is 43.4 Å². The molecule has 41 heavy (non-hydrogen) atoms. The van der Waals surface area contributed by atoms with Gasteiger partial charge in [-0.1, -0.05) is 139 Å². The minimum Gasteiger partial charge on any atom is -0.393 e. The molecule has 0 aromatic heterocycles. The highest BCUT2D eigenvalue weighted by Gasteiger charge is 2.09. The smallest absolute Gasteiger partial charge is 0.313 e. The number of ether oxygens (including phenoxy) is 1. The van der Waals surface area contributed by atoms with Crippen molar-refractivity contribution in [3.05, 3.63) is 60.8 Å². The van der Waals surface area contributed by atoms with Crippen molar-refractivity contribution >= 4 is 11.9 Å². The van der Waals surface area contributed by atoms with Crippen LogP contribution >= 0.6 is 0 Å². The maximum absolute atomic E-state index is 11.9. The molecule has 0 rings (SSSR count). The van der Waals surface area contributed by atoms with Gasteiger partial charge in [0.2, 0.25) is 0 Å². The van der Waals surface area contributed by atoms with Crippen molar-refractivity contribution in [2.24, 2.45) is 0 Å². The summed E-state index contributed by atoms with van der Waals surface area (Å²) in [5.41, 5.74) is 0. The molecule has 0 amide bonds. The molecular weight excluding hydrogens is 504 g/mol. The Morgan fingerprint density at radius 3 is 1.22 bits per heavy atom. The quantitative estimate of drug-likeness (QED) is 0.0390. The van der Waals surface area contributed by atoms with Crippen LogP contribution in [0.1, 0.15) is 168 Å². The van der Waals surface area contributed by atoms with E-state index in [-0.39, 0.29) is 5.97 Å². The largest absolute Gasteiger partial charge is 0.393 e. The molecule has 0 saturated heterocycles. The maximum atomic E-state index is 11.9. The second kappa shape index (κ2) is 34.0. The van der Waals surface area contributed by atoms with Gasteiger partial charge in [-0.15, -0.1) is 0 Å². The van der Waals surface area contributed by atoms with Crippen LogP contribution in [0.2, 0.25) is 0 Å². The van der Waals surface area contributed by atoms with Crippen molar-refractivity contribution in [3.8, 4) is 0 Å². The van der Waals surface area contributed by atoms with Crippen LogP contribution in [-0.2, 0) is 14.3 Å². The number of rotatable bonds is 29. The van der Waals surface area contributed by atoms with Crippen LogP contribution in [0.4, 0.5) is 0 Å². The number of allylic oxidation sites excluding steroid dienone is 10. The van der Waals surface area contributed by atoms with Crippen molar-refractivity contribution in [2.75, 3.05) is 0 Å². The number of hydrogen-bond acceptors (Lipinski definition) is 3. The first-order valence-corrected chi connectivity index (χ1v) is 17.2. The highest BCUT2D eigenvalue weighted by Crippen LogP contribution is 2.11. The first-order chi connectivity index (χ1) is 20.2. The first kappa shape index (κ1) is 38.8. The summed E-state index contributed by atoms with van der Waals surface area (Å²) >= 11 is 0. The van der Waals surface area contributed by atoms with Crippen LogP contribution in [0.3, 0.4) is 0 Å². The number of carbonyl (C=O) groups is 2. The Hall–Kier alpha value is -2.16.